The molecule has 1 atom stereocenters. The number of aryl methyl sites for hydroxylation is 1. The number of aliphatic hydroxyl groups is 1. The molecule has 0 aromatic carbocycles. The minimum Gasteiger partial charge on any atom is -0.467 e. The molecule has 0 saturated heterocycles. The van der Waals surface area contributed by atoms with E-state index in [4.69, 9.17) is 4.42 Å². The smallest absolute Gasteiger partial charge is 0.134 e. The Bertz CT molecular complexity index is 485. The van der Waals surface area contributed by atoms with Gasteiger partial charge in [-0.25, -0.2) is 4.98 Å². The van der Waals surface area contributed by atoms with Gasteiger partial charge in [0.25, 0.3) is 0 Å². The molecular formula is C12H13BrN2O2. The van der Waals surface area contributed by atoms with Gasteiger partial charge in [0.05, 0.1) is 6.26 Å². The first-order chi connectivity index (χ1) is 8.16. The maximum atomic E-state index is 9.82. The van der Waals surface area contributed by atoms with Crippen molar-refractivity contribution in [2.45, 2.75) is 13.0 Å². The molecule has 0 unspecified atom stereocenters. The first kappa shape index (κ1) is 12.1. The molecule has 0 fully saturated rings. The van der Waals surface area contributed by atoms with Crippen molar-refractivity contribution >= 4 is 21.7 Å². The molecule has 90 valence electrons. The molecule has 2 rings (SSSR count). The molecule has 0 amide bonds. The molecule has 2 aromatic rings. The number of nitrogens with one attached hydrogen (secondary N) is 1. The largest absolute Gasteiger partial charge is 0.467 e. The Morgan fingerprint density at radius 2 is 2.41 bits per heavy atom. The molecular weight excluding hydrogens is 284 g/mol. The second-order valence-electron chi connectivity index (χ2n) is 3.73. The van der Waals surface area contributed by atoms with Crippen LogP contribution >= 0.6 is 15.9 Å². The summed E-state index contributed by atoms with van der Waals surface area (Å²) >= 11 is 3.35. The molecule has 0 bridgehead atoms. The number of aromatic nitrogens is 1. The van der Waals surface area contributed by atoms with Gasteiger partial charge in [-0.05, 0) is 46.6 Å². The van der Waals surface area contributed by atoms with Gasteiger partial charge in [0, 0.05) is 17.2 Å². The first-order valence-electron chi connectivity index (χ1n) is 5.24. The van der Waals surface area contributed by atoms with Crippen LogP contribution < -0.4 is 5.32 Å². The number of hydrogen-bond acceptors (Lipinski definition) is 4. The number of nitrogens with zero attached hydrogens (tertiary/aromatic N) is 1. The number of aliphatic hydroxyl groups excluding tert-OH is 1. The Labute approximate surface area is 108 Å². The summed E-state index contributed by atoms with van der Waals surface area (Å²) in [5.74, 6) is 1.31. The number of hydrogen-bond donors (Lipinski definition) is 2. The van der Waals surface area contributed by atoms with Gasteiger partial charge in [0.15, 0.2) is 0 Å². The highest BCUT2D eigenvalue weighted by atomic mass is 79.9. The van der Waals surface area contributed by atoms with Crippen molar-refractivity contribution in [1.29, 1.82) is 0 Å². The van der Waals surface area contributed by atoms with Gasteiger partial charge in [-0.2, -0.15) is 0 Å². The van der Waals surface area contributed by atoms with Gasteiger partial charge >= 0.3 is 0 Å². The van der Waals surface area contributed by atoms with Crippen molar-refractivity contribution in [2.24, 2.45) is 0 Å². The quantitative estimate of drug-likeness (QED) is 0.911. The fraction of sp³-hybridized carbons (Fsp3) is 0.250. The highest BCUT2D eigenvalue weighted by molar-refractivity contribution is 9.10. The van der Waals surface area contributed by atoms with E-state index in [0.29, 0.717) is 12.3 Å². The van der Waals surface area contributed by atoms with Crippen LogP contribution in [0.5, 0.6) is 0 Å². The lowest BCUT2D eigenvalue weighted by atomic mass is 10.2. The molecule has 2 heterocycles. The standard InChI is InChI=1S/C12H13BrN2O2/c1-8-5-9(13)6-14-12(8)15-7-10(16)11-3-2-4-17-11/h2-6,10,16H,7H2,1H3,(H,14,15)/t10-/m1/s1. The molecule has 2 N–H and O–H groups in total. The van der Waals surface area contributed by atoms with Gasteiger partial charge < -0.3 is 14.8 Å². The highest BCUT2D eigenvalue weighted by Crippen LogP contribution is 2.18. The van der Waals surface area contributed by atoms with Crippen molar-refractivity contribution in [3.8, 4) is 0 Å². The van der Waals surface area contributed by atoms with E-state index in [1.807, 2.05) is 13.0 Å². The molecule has 4 nitrogen and oxygen atoms in total. The van der Waals surface area contributed by atoms with Gasteiger partial charge in [-0.3, -0.25) is 0 Å². The number of halogens is 1. The van der Waals surface area contributed by atoms with Crippen LogP contribution in [0.4, 0.5) is 5.82 Å². The van der Waals surface area contributed by atoms with E-state index in [1.165, 1.54) is 0 Å². The summed E-state index contributed by atoms with van der Waals surface area (Å²) in [6, 6.07) is 5.46. The number of anilines is 1. The Balaban J connectivity index is 1.98. The Hall–Kier alpha value is -1.33. The number of pyridine rings is 1. The summed E-state index contributed by atoms with van der Waals surface area (Å²) in [5.41, 5.74) is 1.02. The van der Waals surface area contributed by atoms with Gasteiger partial charge in [-0.15, -0.1) is 0 Å². The third-order valence-corrected chi connectivity index (χ3v) is 2.81. The van der Waals surface area contributed by atoms with E-state index in [2.05, 4.69) is 26.2 Å². The molecule has 0 saturated carbocycles. The van der Waals surface area contributed by atoms with Gasteiger partial charge in [-0.1, -0.05) is 0 Å². The molecule has 0 aliphatic heterocycles. The van der Waals surface area contributed by atoms with Gasteiger partial charge in [0.1, 0.15) is 17.7 Å². The van der Waals surface area contributed by atoms with Gasteiger partial charge in [0.2, 0.25) is 0 Å². The second-order valence-corrected chi connectivity index (χ2v) is 4.65. The van der Waals surface area contributed by atoms with Crippen molar-refractivity contribution in [2.75, 3.05) is 11.9 Å². The minimum absolute atomic E-state index is 0.364. The zero-order valence-corrected chi connectivity index (χ0v) is 10.9. The predicted molar refractivity (Wildman–Crippen MR) is 68.8 cm³/mol. The highest BCUT2D eigenvalue weighted by Gasteiger charge is 2.10. The van der Waals surface area contributed by atoms with Crippen molar-refractivity contribution in [3.63, 3.8) is 0 Å². The SMILES string of the molecule is Cc1cc(Br)cnc1NC[C@@H](O)c1ccco1. The molecule has 0 aliphatic rings. The molecule has 5 heteroatoms. The lowest BCUT2D eigenvalue weighted by molar-refractivity contribution is 0.162. The van der Waals surface area contributed by atoms with Crippen LogP contribution in [-0.2, 0) is 0 Å². The van der Waals surface area contributed by atoms with E-state index in [9.17, 15) is 5.11 Å². The summed E-state index contributed by atoms with van der Waals surface area (Å²) in [5, 5.41) is 12.9. The van der Waals surface area contributed by atoms with E-state index in [-0.39, 0.29) is 0 Å². The summed E-state index contributed by atoms with van der Waals surface area (Å²) in [6.07, 6.45) is 2.59. The topological polar surface area (TPSA) is 58.3 Å². The maximum Gasteiger partial charge on any atom is 0.134 e. The average molecular weight is 297 g/mol. The van der Waals surface area contributed by atoms with Crippen LogP contribution in [0.3, 0.4) is 0 Å². The molecule has 0 spiro atoms. The Kier molecular flexibility index (Phi) is 3.81. The van der Waals surface area contributed by atoms with Crippen LogP contribution in [0.2, 0.25) is 0 Å². The fourth-order valence-corrected chi connectivity index (χ4v) is 1.95. The average Bonchev–Trinajstić information content (AvgIpc) is 2.81. The van der Waals surface area contributed by atoms with E-state index >= 15 is 0 Å². The zero-order valence-electron chi connectivity index (χ0n) is 9.35. The van der Waals surface area contributed by atoms with Crippen LogP contribution in [0.1, 0.15) is 17.4 Å². The zero-order chi connectivity index (χ0) is 12.3. The fourth-order valence-electron chi connectivity index (χ4n) is 1.50. The summed E-state index contributed by atoms with van der Waals surface area (Å²) in [6.45, 7) is 2.32. The molecule has 17 heavy (non-hydrogen) atoms. The van der Waals surface area contributed by atoms with E-state index < -0.39 is 6.10 Å². The number of rotatable bonds is 4. The molecule has 2 aromatic heterocycles. The maximum absolute atomic E-state index is 9.82. The lowest BCUT2D eigenvalue weighted by Crippen LogP contribution is -2.13. The van der Waals surface area contributed by atoms with E-state index in [0.717, 1.165) is 15.9 Å². The first-order valence-corrected chi connectivity index (χ1v) is 6.03. The summed E-state index contributed by atoms with van der Waals surface area (Å²) in [7, 11) is 0. The third-order valence-electron chi connectivity index (χ3n) is 2.38. The van der Waals surface area contributed by atoms with E-state index in [1.54, 1.807) is 24.6 Å². The summed E-state index contributed by atoms with van der Waals surface area (Å²) < 4.78 is 6.05. The van der Waals surface area contributed by atoms with Crippen LogP contribution in [0.25, 0.3) is 0 Å². The Morgan fingerprint density at radius 3 is 3.06 bits per heavy atom. The van der Waals surface area contributed by atoms with Crippen molar-refractivity contribution in [3.05, 3.63) is 46.5 Å². The third kappa shape index (κ3) is 3.08. The molecule has 0 aliphatic carbocycles. The van der Waals surface area contributed by atoms with Crippen molar-refractivity contribution < 1.29 is 9.52 Å². The van der Waals surface area contributed by atoms with Crippen molar-refractivity contribution in [1.82, 2.24) is 4.98 Å². The summed E-state index contributed by atoms with van der Waals surface area (Å²) in [4.78, 5) is 4.23. The van der Waals surface area contributed by atoms with Crippen LogP contribution in [0.15, 0.2) is 39.5 Å². The molecule has 0 radical (unpaired) electrons. The predicted octanol–water partition coefficient (Wildman–Crippen LogP) is 2.89. The number of furan rings is 1. The van der Waals surface area contributed by atoms with Crippen LogP contribution in [-0.4, -0.2) is 16.6 Å². The Morgan fingerprint density at radius 1 is 1.59 bits per heavy atom. The normalized spacial score (nSPS) is 12.4. The van der Waals surface area contributed by atoms with Crippen LogP contribution in [0, 0.1) is 6.92 Å². The lowest BCUT2D eigenvalue weighted by Gasteiger charge is -2.11. The second kappa shape index (κ2) is 5.33. The monoisotopic (exact) mass is 296 g/mol. The minimum atomic E-state index is -0.671.